The first-order valence-electron chi connectivity index (χ1n) is 10.9. The van der Waals surface area contributed by atoms with Gasteiger partial charge in [-0.2, -0.15) is 0 Å². The summed E-state index contributed by atoms with van der Waals surface area (Å²) in [6, 6.07) is 8.60. The maximum atomic E-state index is 14.1. The molecule has 4 rings (SSSR count). The van der Waals surface area contributed by atoms with E-state index in [0.717, 1.165) is 42.3 Å². The van der Waals surface area contributed by atoms with Gasteiger partial charge in [0, 0.05) is 11.4 Å². The van der Waals surface area contributed by atoms with E-state index < -0.39 is 11.6 Å². The average Bonchev–Trinajstić information content (AvgIpc) is 2.77. The van der Waals surface area contributed by atoms with Crippen molar-refractivity contribution in [3.63, 3.8) is 0 Å². The van der Waals surface area contributed by atoms with Gasteiger partial charge >= 0.3 is 0 Å². The lowest BCUT2D eigenvalue weighted by Crippen LogP contribution is -2.29. The highest BCUT2D eigenvalue weighted by atomic mass is 35.5. The molecule has 3 aromatic rings. The highest BCUT2D eigenvalue weighted by Crippen LogP contribution is 2.37. The fraction of sp³-hybridized carbons (Fsp3) is 0.360. The number of carbonyl (C=O) groups excluding carboxylic acids is 1. The number of aromatic hydroxyl groups is 1. The third-order valence-corrected chi connectivity index (χ3v) is 6.68. The van der Waals surface area contributed by atoms with E-state index >= 15 is 0 Å². The summed E-state index contributed by atoms with van der Waals surface area (Å²) in [5.74, 6) is -0.854. The molecule has 168 valence electrons. The molecule has 4 N–H and O–H groups in total. The molecule has 5 nitrogen and oxygen atoms in total. The van der Waals surface area contributed by atoms with Gasteiger partial charge < -0.3 is 16.2 Å². The molecule has 0 bridgehead atoms. The van der Waals surface area contributed by atoms with Crippen molar-refractivity contribution in [1.82, 2.24) is 4.98 Å². The molecule has 0 atom stereocenters. The number of ketones is 1. The molecular formula is C25H27ClFN3O2. The Labute approximate surface area is 191 Å². The molecule has 0 unspecified atom stereocenters. The van der Waals surface area contributed by atoms with Crippen LogP contribution in [0.3, 0.4) is 0 Å². The lowest BCUT2D eigenvalue weighted by atomic mass is 9.85. The Bertz CT molecular complexity index is 1170. The number of nitrogens with two attached hydrogens (primary N) is 1. The van der Waals surface area contributed by atoms with Crippen molar-refractivity contribution in [2.45, 2.75) is 45.6 Å². The van der Waals surface area contributed by atoms with E-state index in [0.29, 0.717) is 34.8 Å². The van der Waals surface area contributed by atoms with Gasteiger partial charge in [0.05, 0.1) is 27.5 Å². The first-order chi connectivity index (χ1) is 15.3. The Morgan fingerprint density at radius 3 is 2.56 bits per heavy atom. The van der Waals surface area contributed by atoms with Gasteiger partial charge in [0.2, 0.25) is 0 Å². The molecular weight excluding hydrogens is 429 g/mol. The molecule has 1 aliphatic carbocycles. The predicted octanol–water partition coefficient (Wildman–Crippen LogP) is 5.84. The zero-order chi connectivity index (χ0) is 23.0. The number of aromatic nitrogens is 1. The van der Waals surface area contributed by atoms with Gasteiger partial charge in [-0.25, -0.2) is 4.39 Å². The quantitative estimate of drug-likeness (QED) is 0.420. The van der Waals surface area contributed by atoms with Gasteiger partial charge in [-0.3, -0.25) is 9.78 Å². The smallest absolute Gasteiger partial charge is 0.170 e. The molecule has 7 heteroatoms. The van der Waals surface area contributed by atoms with Crippen LogP contribution in [0.15, 0.2) is 30.3 Å². The molecule has 1 fully saturated rings. The van der Waals surface area contributed by atoms with Crippen LogP contribution in [0.2, 0.25) is 5.02 Å². The highest BCUT2D eigenvalue weighted by Gasteiger charge is 2.24. The molecule has 32 heavy (non-hydrogen) atoms. The third-order valence-electron chi connectivity index (χ3n) is 6.40. The molecule has 0 aliphatic heterocycles. The standard InChI is InChI=1S/C25H27ClFN3O2/c1-13-23(14(2)31)24(30-18-6-3-15(12-28)4-7-18)19-9-16(5-8-22(19)29-13)17-10-20(26)25(32)21(27)11-17/h5,8-11,15,18,32H,3-4,6-7,12,28H2,1-2H3,(H,29,30). The minimum absolute atomic E-state index is 0.0541. The number of hydrogen-bond acceptors (Lipinski definition) is 5. The van der Waals surface area contributed by atoms with Crippen LogP contribution in [0.4, 0.5) is 10.1 Å². The van der Waals surface area contributed by atoms with Crippen LogP contribution in [0, 0.1) is 18.7 Å². The zero-order valence-electron chi connectivity index (χ0n) is 18.2. The van der Waals surface area contributed by atoms with E-state index in [2.05, 4.69) is 10.3 Å². The van der Waals surface area contributed by atoms with Crippen molar-refractivity contribution in [2.75, 3.05) is 11.9 Å². The van der Waals surface area contributed by atoms with E-state index in [1.165, 1.54) is 12.1 Å². The van der Waals surface area contributed by atoms with Crippen molar-refractivity contribution in [2.24, 2.45) is 11.7 Å². The van der Waals surface area contributed by atoms with Crippen molar-refractivity contribution in [3.05, 3.63) is 52.4 Å². The van der Waals surface area contributed by atoms with Crippen molar-refractivity contribution >= 4 is 34.0 Å². The predicted molar refractivity (Wildman–Crippen MR) is 127 cm³/mol. The lowest BCUT2D eigenvalue weighted by molar-refractivity contribution is 0.101. The van der Waals surface area contributed by atoms with Crippen LogP contribution in [0.1, 0.15) is 48.7 Å². The second-order valence-electron chi connectivity index (χ2n) is 8.62. The molecule has 1 aromatic heterocycles. The molecule has 1 aliphatic rings. The Morgan fingerprint density at radius 1 is 1.22 bits per heavy atom. The summed E-state index contributed by atoms with van der Waals surface area (Å²) in [7, 11) is 0. The number of nitrogens with zero attached hydrogens (tertiary/aromatic N) is 1. The second-order valence-corrected chi connectivity index (χ2v) is 9.03. The van der Waals surface area contributed by atoms with Gasteiger partial charge in [0.25, 0.3) is 0 Å². The Morgan fingerprint density at radius 2 is 1.94 bits per heavy atom. The number of anilines is 1. The molecule has 0 saturated heterocycles. The summed E-state index contributed by atoms with van der Waals surface area (Å²) in [6.07, 6.45) is 4.09. The van der Waals surface area contributed by atoms with Crippen molar-refractivity contribution in [1.29, 1.82) is 0 Å². The summed E-state index contributed by atoms with van der Waals surface area (Å²) in [6.45, 7) is 4.10. The number of nitrogens with one attached hydrogen (secondary N) is 1. The van der Waals surface area contributed by atoms with Crippen LogP contribution in [0.25, 0.3) is 22.0 Å². The van der Waals surface area contributed by atoms with E-state index in [1.807, 2.05) is 25.1 Å². The number of Topliss-reactive ketones (excluding diaryl/α,β-unsaturated/α-hetero) is 1. The number of carbonyl (C=O) groups is 1. The maximum absolute atomic E-state index is 14.1. The van der Waals surface area contributed by atoms with Gasteiger partial charge in [-0.05, 0) is 87.4 Å². The number of halogens is 2. The monoisotopic (exact) mass is 455 g/mol. The number of pyridine rings is 1. The number of phenols is 1. The van der Waals surface area contributed by atoms with Crippen molar-refractivity contribution in [3.8, 4) is 16.9 Å². The summed E-state index contributed by atoms with van der Waals surface area (Å²) in [4.78, 5) is 17.2. The van der Waals surface area contributed by atoms with Gasteiger partial charge in [0.15, 0.2) is 17.3 Å². The first-order valence-corrected chi connectivity index (χ1v) is 11.3. The third kappa shape index (κ3) is 4.30. The normalized spacial score (nSPS) is 18.7. The molecule has 1 heterocycles. The van der Waals surface area contributed by atoms with Crippen LogP contribution < -0.4 is 11.1 Å². The fourth-order valence-corrected chi connectivity index (χ4v) is 4.83. The SMILES string of the molecule is CC(=O)c1c(C)nc2ccc(-c3cc(F)c(O)c(Cl)c3)cc2c1NC1CCC(CN)CC1. The zero-order valence-corrected chi connectivity index (χ0v) is 19.0. The lowest BCUT2D eigenvalue weighted by Gasteiger charge is -2.30. The fourth-order valence-electron chi connectivity index (χ4n) is 4.62. The topological polar surface area (TPSA) is 88.2 Å². The number of benzene rings is 2. The van der Waals surface area contributed by atoms with E-state index in [4.69, 9.17) is 17.3 Å². The number of phenolic OH excluding ortho intramolecular Hbond substituents is 1. The van der Waals surface area contributed by atoms with E-state index in [1.54, 1.807) is 6.92 Å². The number of hydrogen-bond donors (Lipinski definition) is 3. The molecule has 0 spiro atoms. The Hall–Kier alpha value is -2.70. The summed E-state index contributed by atoms with van der Waals surface area (Å²) in [5.41, 5.74) is 9.85. The van der Waals surface area contributed by atoms with Gasteiger partial charge in [-0.1, -0.05) is 17.7 Å². The Kier molecular flexibility index (Phi) is 6.35. The van der Waals surface area contributed by atoms with E-state index in [-0.39, 0.29) is 16.8 Å². The van der Waals surface area contributed by atoms with Crippen LogP contribution in [-0.2, 0) is 0 Å². The minimum atomic E-state index is -0.783. The molecule has 0 amide bonds. The first kappa shape index (κ1) is 22.5. The van der Waals surface area contributed by atoms with Gasteiger partial charge in [0.1, 0.15) is 0 Å². The van der Waals surface area contributed by atoms with Crippen LogP contribution in [-0.4, -0.2) is 28.5 Å². The summed E-state index contributed by atoms with van der Waals surface area (Å²) < 4.78 is 14.1. The molecule has 2 aromatic carbocycles. The summed E-state index contributed by atoms with van der Waals surface area (Å²) >= 11 is 5.99. The summed E-state index contributed by atoms with van der Waals surface area (Å²) in [5, 5.41) is 14.0. The van der Waals surface area contributed by atoms with E-state index in [9.17, 15) is 14.3 Å². The average molecular weight is 456 g/mol. The Balaban J connectivity index is 1.83. The number of rotatable bonds is 5. The molecule has 1 saturated carbocycles. The van der Waals surface area contributed by atoms with Crippen LogP contribution in [0.5, 0.6) is 5.75 Å². The number of aryl methyl sites for hydroxylation is 1. The van der Waals surface area contributed by atoms with Gasteiger partial charge in [-0.15, -0.1) is 0 Å². The minimum Gasteiger partial charge on any atom is -0.504 e. The highest BCUT2D eigenvalue weighted by molar-refractivity contribution is 6.32. The van der Waals surface area contributed by atoms with Crippen molar-refractivity contribution < 1.29 is 14.3 Å². The molecule has 0 radical (unpaired) electrons. The largest absolute Gasteiger partial charge is 0.504 e. The van der Waals surface area contributed by atoms with Crippen LogP contribution >= 0.6 is 11.6 Å². The number of fused-ring (bicyclic) bond motifs is 1. The second kappa shape index (κ2) is 9.04. The maximum Gasteiger partial charge on any atom is 0.170 e.